The molecule has 0 aliphatic carbocycles. The number of amides is 1. The number of benzene rings is 1. The van der Waals surface area contributed by atoms with Crippen LogP contribution < -0.4 is 10.4 Å². The molecule has 0 radical (unpaired) electrons. The molecular formula is C11H13N3O5S. The van der Waals surface area contributed by atoms with E-state index >= 15 is 0 Å². The van der Waals surface area contributed by atoms with Crippen molar-refractivity contribution in [1.82, 2.24) is 5.43 Å². The molecule has 1 heterocycles. The van der Waals surface area contributed by atoms with Gasteiger partial charge in [0.05, 0.1) is 30.2 Å². The number of nitrogens with zero attached hydrogens (tertiary/aromatic N) is 2. The van der Waals surface area contributed by atoms with E-state index in [4.69, 9.17) is 9.66 Å². The minimum absolute atomic E-state index is 0.0834. The Morgan fingerprint density at radius 3 is 2.50 bits per heavy atom. The van der Waals surface area contributed by atoms with Crippen molar-refractivity contribution < 1.29 is 22.9 Å². The van der Waals surface area contributed by atoms with E-state index in [0.717, 1.165) is 0 Å². The monoisotopic (exact) mass is 299 g/mol. The molecule has 8 nitrogen and oxygen atoms in total. The van der Waals surface area contributed by atoms with Gasteiger partial charge in [-0.15, -0.1) is 0 Å². The van der Waals surface area contributed by atoms with E-state index in [2.05, 4.69) is 10.4 Å². The molecule has 1 aromatic rings. The van der Waals surface area contributed by atoms with Gasteiger partial charge in [-0.05, 0) is 24.3 Å². The fraction of sp³-hybridized carbons (Fsp3) is 0.273. The number of aliphatic hydroxyl groups excluding tert-OH is 1. The van der Waals surface area contributed by atoms with Gasteiger partial charge in [0.25, 0.3) is 16.0 Å². The number of aliphatic hydroxyl groups is 1. The maximum atomic E-state index is 11.8. The van der Waals surface area contributed by atoms with Gasteiger partial charge >= 0.3 is 0 Å². The molecule has 1 amide bonds. The van der Waals surface area contributed by atoms with Crippen LogP contribution in [0.5, 0.6) is 0 Å². The van der Waals surface area contributed by atoms with Crippen LogP contribution in [-0.4, -0.2) is 43.0 Å². The molecule has 1 fully saturated rings. The topological polar surface area (TPSA) is 119 Å². The van der Waals surface area contributed by atoms with Crippen LogP contribution in [0.1, 0.15) is 6.42 Å². The summed E-state index contributed by atoms with van der Waals surface area (Å²) in [5, 5.41) is 9.89. The maximum absolute atomic E-state index is 11.8. The number of amidine groups is 1. The molecule has 1 aliphatic rings. The van der Waals surface area contributed by atoms with Crippen molar-refractivity contribution in [2.24, 2.45) is 4.99 Å². The highest BCUT2D eigenvalue weighted by atomic mass is 32.2. The Bertz CT molecular complexity index is 639. The van der Waals surface area contributed by atoms with Crippen molar-refractivity contribution in [3.8, 4) is 0 Å². The average Bonchev–Trinajstić information content (AvgIpc) is 2.77. The molecule has 108 valence electrons. The zero-order valence-electron chi connectivity index (χ0n) is 10.4. The molecule has 0 aromatic heterocycles. The number of hydrazine groups is 1. The first-order valence-electron chi connectivity index (χ1n) is 5.73. The van der Waals surface area contributed by atoms with Crippen LogP contribution >= 0.6 is 0 Å². The molecule has 20 heavy (non-hydrogen) atoms. The van der Waals surface area contributed by atoms with Gasteiger partial charge in [0.1, 0.15) is 5.84 Å². The molecule has 0 atom stereocenters. The van der Waals surface area contributed by atoms with Crippen LogP contribution in [0.4, 0.5) is 5.69 Å². The fourth-order valence-corrected chi connectivity index (χ4v) is 2.19. The van der Waals surface area contributed by atoms with Crippen molar-refractivity contribution in [3.63, 3.8) is 0 Å². The molecule has 0 spiro atoms. The highest BCUT2D eigenvalue weighted by molar-refractivity contribution is 7.85. The van der Waals surface area contributed by atoms with Gasteiger partial charge in [0, 0.05) is 0 Å². The highest BCUT2D eigenvalue weighted by Gasteiger charge is 2.26. The summed E-state index contributed by atoms with van der Waals surface area (Å²) in [6.07, 6.45) is 0.0834. The third kappa shape index (κ3) is 3.13. The lowest BCUT2D eigenvalue weighted by Crippen LogP contribution is -2.36. The molecule has 1 aliphatic heterocycles. The van der Waals surface area contributed by atoms with Gasteiger partial charge in [0.15, 0.2) is 0 Å². The molecule has 2 rings (SSSR count). The molecule has 0 saturated carbocycles. The Morgan fingerprint density at radius 2 is 1.95 bits per heavy atom. The lowest BCUT2D eigenvalue weighted by molar-refractivity contribution is -0.116. The second-order valence-corrected chi connectivity index (χ2v) is 5.46. The quantitative estimate of drug-likeness (QED) is 0.649. The summed E-state index contributed by atoms with van der Waals surface area (Å²) in [5.74, 6) is 0.184. The van der Waals surface area contributed by atoms with Gasteiger partial charge in [-0.3, -0.25) is 19.8 Å². The lowest BCUT2D eigenvalue weighted by Gasteiger charge is -2.16. The summed E-state index contributed by atoms with van der Waals surface area (Å²) in [5.41, 5.74) is 3.19. The van der Waals surface area contributed by atoms with Crippen molar-refractivity contribution in [3.05, 3.63) is 24.3 Å². The Balaban J connectivity index is 2.18. The van der Waals surface area contributed by atoms with E-state index in [9.17, 15) is 13.2 Å². The first kappa shape index (κ1) is 14.4. The van der Waals surface area contributed by atoms with Crippen LogP contribution in [-0.2, 0) is 14.9 Å². The Labute approximate surface area is 115 Å². The third-order valence-corrected chi connectivity index (χ3v) is 3.47. The fourth-order valence-electron chi connectivity index (χ4n) is 1.71. The predicted molar refractivity (Wildman–Crippen MR) is 70.9 cm³/mol. The van der Waals surface area contributed by atoms with E-state index in [0.29, 0.717) is 11.5 Å². The van der Waals surface area contributed by atoms with Crippen LogP contribution in [0, 0.1) is 0 Å². The third-order valence-electron chi connectivity index (χ3n) is 2.60. The number of hydrogen-bond donors (Lipinski definition) is 3. The van der Waals surface area contributed by atoms with E-state index in [1.54, 1.807) is 0 Å². The Hall–Kier alpha value is -1.97. The summed E-state index contributed by atoms with van der Waals surface area (Å²) >= 11 is 0. The average molecular weight is 299 g/mol. The lowest BCUT2D eigenvalue weighted by atomic mass is 10.3. The van der Waals surface area contributed by atoms with Crippen molar-refractivity contribution in [2.45, 2.75) is 11.3 Å². The van der Waals surface area contributed by atoms with Crippen LogP contribution in [0.3, 0.4) is 0 Å². The van der Waals surface area contributed by atoms with Crippen molar-refractivity contribution in [1.29, 1.82) is 0 Å². The van der Waals surface area contributed by atoms with Gasteiger partial charge in [0.2, 0.25) is 0 Å². The number of anilines is 1. The SMILES string of the molecule is O=C1CC(=NCCO)NN1c1ccc(S(=O)(=O)O)cc1. The second-order valence-electron chi connectivity index (χ2n) is 4.04. The maximum Gasteiger partial charge on any atom is 0.294 e. The largest absolute Gasteiger partial charge is 0.394 e. The van der Waals surface area contributed by atoms with Crippen LogP contribution in [0.15, 0.2) is 34.2 Å². The first-order valence-corrected chi connectivity index (χ1v) is 7.17. The number of aliphatic imine (C=N–C) groups is 1. The minimum atomic E-state index is -4.25. The number of carbonyl (C=O) groups is 1. The summed E-state index contributed by atoms with van der Waals surface area (Å²) < 4.78 is 30.7. The molecule has 9 heteroatoms. The van der Waals surface area contributed by atoms with Gasteiger partial charge in [-0.1, -0.05) is 0 Å². The van der Waals surface area contributed by atoms with Gasteiger partial charge in [-0.25, -0.2) is 5.01 Å². The number of rotatable bonds is 4. The Kier molecular flexibility index (Phi) is 4.02. The molecule has 1 aromatic carbocycles. The molecule has 3 N–H and O–H groups in total. The molecular weight excluding hydrogens is 286 g/mol. The van der Waals surface area contributed by atoms with E-state index in [-0.39, 0.29) is 30.4 Å². The minimum Gasteiger partial charge on any atom is -0.394 e. The van der Waals surface area contributed by atoms with E-state index < -0.39 is 10.1 Å². The normalized spacial score (nSPS) is 17.6. The first-order chi connectivity index (χ1) is 9.41. The number of carbonyl (C=O) groups excluding carboxylic acids is 1. The number of hydrogen-bond acceptors (Lipinski definition) is 5. The Morgan fingerprint density at radius 1 is 1.30 bits per heavy atom. The van der Waals surface area contributed by atoms with Gasteiger partial charge < -0.3 is 5.11 Å². The smallest absolute Gasteiger partial charge is 0.294 e. The van der Waals surface area contributed by atoms with Crippen molar-refractivity contribution in [2.75, 3.05) is 18.2 Å². The highest BCUT2D eigenvalue weighted by Crippen LogP contribution is 2.19. The standard InChI is InChI=1S/C11H13N3O5S/c15-6-5-12-10-7-11(16)14(13-10)8-1-3-9(4-2-8)20(17,18)19/h1-4,15H,5-7H2,(H,12,13)(H,17,18,19). The summed E-state index contributed by atoms with van der Waals surface area (Å²) in [6.45, 7) is 0.0908. The zero-order chi connectivity index (χ0) is 14.8. The van der Waals surface area contributed by atoms with Gasteiger partial charge in [-0.2, -0.15) is 8.42 Å². The van der Waals surface area contributed by atoms with Crippen LogP contribution in [0.2, 0.25) is 0 Å². The second kappa shape index (κ2) is 5.57. The summed E-state index contributed by atoms with van der Waals surface area (Å²) in [4.78, 5) is 15.5. The van der Waals surface area contributed by atoms with Crippen LogP contribution in [0.25, 0.3) is 0 Å². The van der Waals surface area contributed by atoms with E-state index in [1.807, 2.05) is 0 Å². The summed E-state index contributed by atoms with van der Waals surface area (Å²) in [7, 11) is -4.25. The van der Waals surface area contributed by atoms with E-state index in [1.165, 1.54) is 29.3 Å². The summed E-state index contributed by atoms with van der Waals surface area (Å²) in [6, 6.07) is 5.18. The molecule has 1 saturated heterocycles. The molecule has 0 bridgehead atoms. The number of nitrogens with one attached hydrogen (secondary N) is 1. The van der Waals surface area contributed by atoms with Crippen molar-refractivity contribution >= 4 is 27.5 Å². The molecule has 0 unspecified atom stereocenters. The predicted octanol–water partition coefficient (Wildman–Crippen LogP) is -0.435. The zero-order valence-corrected chi connectivity index (χ0v) is 11.2.